The standard InChI is InChI=1S/C12H22N2O3S/c1-18-7-6-10(12(16)17)14-11(15)8-4-2-3-5-9(8)13/h8-10H,2-7,13H2,1H3,(H,14,15)(H,16,17)/t8?,9?,10-/m1/s1. The first kappa shape index (κ1) is 15.3. The fourth-order valence-electron chi connectivity index (χ4n) is 2.26. The lowest BCUT2D eigenvalue weighted by atomic mass is 9.84. The second-order valence-corrected chi connectivity index (χ2v) is 5.72. The molecule has 1 fully saturated rings. The third-order valence-corrected chi connectivity index (χ3v) is 4.03. The van der Waals surface area contributed by atoms with Crippen molar-refractivity contribution in [1.82, 2.24) is 5.32 Å². The molecule has 4 N–H and O–H groups in total. The van der Waals surface area contributed by atoms with Crippen molar-refractivity contribution in [3.8, 4) is 0 Å². The second kappa shape index (κ2) is 7.63. The molecule has 5 nitrogen and oxygen atoms in total. The van der Waals surface area contributed by atoms with E-state index in [1.165, 1.54) is 0 Å². The lowest BCUT2D eigenvalue weighted by Crippen LogP contribution is -2.49. The molecule has 0 bridgehead atoms. The minimum atomic E-state index is -0.971. The molecule has 18 heavy (non-hydrogen) atoms. The number of nitrogens with one attached hydrogen (secondary N) is 1. The molecule has 1 aliphatic carbocycles. The van der Waals surface area contributed by atoms with E-state index in [0.29, 0.717) is 12.2 Å². The van der Waals surface area contributed by atoms with E-state index in [0.717, 1.165) is 25.7 Å². The van der Waals surface area contributed by atoms with Crippen molar-refractivity contribution >= 4 is 23.6 Å². The number of amides is 1. The van der Waals surface area contributed by atoms with Crippen LogP contribution in [0.15, 0.2) is 0 Å². The summed E-state index contributed by atoms with van der Waals surface area (Å²) >= 11 is 1.57. The van der Waals surface area contributed by atoms with Crippen LogP contribution in [-0.4, -0.2) is 41.1 Å². The summed E-state index contributed by atoms with van der Waals surface area (Å²) < 4.78 is 0. The number of carboxylic acids is 1. The number of thioether (sulfide) groups is 1. The SMILES string of the molecule is CSCC[C@@H](NC(=O)C1CCCCC1N)C(=O)O. The van der Waals surface area contributed by atoms with Gasteiger partial charge in [-0.05, 0) is 31.3 Å². The fraction of sp³-hybridized carbons (Fsp3) is 0.833. The zero-order valence-corrected chi connectivity index (χ0v) is 11.5. The van der Waals surface area contributed by atoms with E-state index in [2.05, 4.69) is 5.32 Å². The van der Waals surface area contributed by atoms with Gasteiger partial charge in [0.05, 0.1) is 5.92 Å². The summed E-state index contributed by atoms with van der Waals surface area (Å²) in [5, 5.41) is 11.7. The van der Waals surface area contributed by atoms with Crippen molar-refractivity contribution < 1.29 is 14.7 Å². The van der Waals surface area contributed by atoms with E-state index in [1.807, 2.05) is 6.26 Å². The van der Waals surface area contributed by atoms with Crippen LogP contribution in [0.5, 0.6) is 0 Å². The van der Waals surface area contributed by atoms with Gasteiger partial charge in [-0.15, -0.1) is 0 Å². The predicted molar refractivity (Wildman–Crippen MR) is 72.5 cm³/mol. The van der Waals surface area contributed by atoms with Gasteiger partial charge in [0, 0.05) is 6.04 Å². The third kappa shape index (κ3) is 4.49. The molecule has 0 saturated heterocycles. The number of carbonyl (C=O) groups excluding carboxylic acids is 1. The van der Waals surface area contributed by atoms with Gasteiger partial charge < -0.3 is 16.2 Å². The molecular formula is C12H22N2O3S. The van der Waals surface area contributed by atoms with Crippen molar-refractivity contribution in [1.29, 1.82) is 0 Å². The summed E-state index contributed by atoms with van der Waals surface area (Å²) in [6.45, 7) is 0. The van der Waals surface area contributed by atoms with Gasteiger partial charge in [-0.2, -0.15) is 11.8 Å². The van der Waals surface area contributed by atoms with Gasteiger partial charge in [-0.3, -0.25) is 4.79 Å². The Labute approximate surface area is 112 Å². The normalized spacial score (nSPS) is 25.4. The van der Waals surface area contributed by atoms with Crippen LogP contribution in [0.3, 0.4) is 0 Å². The fourth-order valence-corrected chi connectivity index (χ4v) is 2.73. The van der Waals surface area contributed by atoms with Gasteiger partial charge in [0.2, 0.25) is 5.91 Å². The first-order valence-electron chi connectivity index (χ1n) is 6.34. The number of nitrogens with two attached hydrogens (primary N) is 1. The molecule has 1 saturated carbocycles. The molecule has 1 aliphatic rings. The highest BCUT2D eigenvalue weighted by molar-refractivity contribution is 7.98. The average molecular weight is 274 g/mol. The van der Waals surface area contributed by atoms with Crippen LogP contribution < -0.4 is 11.1 Å². The molecule has 1 amide bonds. The quantitative estimate of drug-likeness (QED) is 0.667. The van der Waals surface area contributed by atoms with Gasteiger partial charge in [0.25, 0.3) is 0 Å². The summed E-state index contributed by atoms with van der Waals surface area (Å²) in [5.41, 5.74) is 5.92. The maximum atomic E-state index is 12.0. The predicted octanol–water partition coefficient (Wildman–Crippen LogP) is 0.826. The topological polar surface area (TPSA) is 92.4 Å². The molecule has 0 heterocycles. The van der Waals surface area contributed by atoms with Gasteiger partial charge in [0.15, 0.2) is 0 Å². The highest BCUT2D eigenvalue weighted by atomic mass is 32.2. The summed E-state index contributed by atoms with van der Waals surface area (Å²) in [4.78, 5) is 23.1. The van der Waals surface area contributed by atoms with Crippen molar-refractivity contribution in [2.75, 3.05) is 12.0 Å². The summed E-state index contributed by atoms with van der Waals surface area (Å²) in [6.07, 6.45) is 6.03. The third-order valence-electron chi connectivity index (χ3n) is 3.38. The van der Waals surface area contributed by atoms with Gasteiger partial charge in [0.1, 0.15) is 6.04 Å². The van der Waals surface area contributed by atoms with Crippen LogP contribution in [0.25, 0.3) is 0 Å². The molecular weight excluding hydrogens is 252 g/mol. The largest absolute Gasteiger partial charge is 0.480 e. The smallest absolute Gasteiger partial charge is 0.326 e. The molecule has 6 heteroatoms. The minimum Gasteiger partial charge on any atom is -0.480 e. The average Bonchev–Trinajstić information content (AvgIpc) is 2.34. The van der Waals surface area contributed by atoms with Crippen molar-refractivity contribution in [3.63, 3.8) is 0 Å². The zero-order valence-electron chi connectivity index (χ0n) is 10.7. The van der Waals surface area contributed by atoms with E-state index in [9.17, 15) is 9.59 Å². The molecule has 0 aliphatic heterocycles. The first-order chi connectivity index (χ1) is 8.56. The summed E-state index contributed by atoms with van der Waals surface area (Å²) in [5.74, 6) is -0.680. The van der Waals surface area contributed by atoms with Crippen LogP contribution in [-0.2, 0) is 9.59 Å². The number of carboxylic acid groups (broad SMARTS) is 1. The van der Waals surface area contributed by atoms with Crippen LogP contribution in [0.1, 0.15) is 32.1 Å². The number of carbonyl (C=O) groups is 2. The number of rotatable bonds is 6. The van der Waals surface area contributed by atoms with E-state index < -0.39 is 12.0 Å². The van der Waals surface area contributed by atoms with E-state index in [1.54, 1.807) is 11.8 Å². The number of aliphatic carboxylic acids is 1. The molecule has 0 radical (unpaired) electrons. The number of hydrogen-bond donors (Lipinski definition) is 3. The molecule has 0 spiro atoms. The Kier molecular flexibility index (Phi) is 6.49. The second-order valence-electron chi connectivity index (χ2n) is 4.74. The van der Waals surface area contributed by atoms with Gasteiger partial charge in [-0.25, -0.2) is 4.79 Å². The Bertz CT molecular complexity index is 299. The van der Waals surface area contributed by atoms with Crippen molar-refractivity contribution in [2.45, 2.75) is 44.2 Å². The lowest BCUT2D eigenvalue weighted by Gasteiger charge is -2.28. The minimum absolute atomic E-state index is 0.131. The van der Waals surface area contributed by atoms with E-state index in [4.69, 9.17) is 10.8 Å². The van der Waals surface area contributed by atoms with Crippen LogP contribution in [0.2, 0.25) is 0 Å². The van der Waals surface area contributed by atoms with Crippen molar-refractivity contribution in [2.24, 2.45) is 11.7 Å². The molecule has 2 unspecified atom stereocenters. The molecule has 0 aromatic rings. The zero-order chi connectivity index (χ0) is 13.5. The van der Waals surface area contributed by atoms with Crippen molar-refractivity contribution in [3.05, 3.63) is 0 Å². The van der Waals surface area contributed by atoms with E-state index in [-0.39, 0.29) is 17.9 Å². The Balaban J connectivity index is 2.51. The Morgan fingerprint density at radius 1 is 1.44 bits per heavy atom. The van der Waals surface area contributed by atoms with Crippen LogP contribution >= 0.6 is 11.8 Å². The van der Waals surface area contributed by atoms with Gasteiger partial charge in [-0.1, -0.05) is 12.8 Å². The van der Waals surface area contributed by atoms with E-state index >= 15 is 0 Å². The summed E-state index contributed by atoms with van der Waals surface area (Å²) in [6, 6.07) is -0.923. The van der Waals surface area contributed by atoms with Gasteiger partial charge >= 0.3 is 5.97 Å². The Hall–Kier alpha value is -0.750. The highest BCUT2D eigenvalue weighted by Crippen LogP contribution is 2.23. The molecule has 0 aromatic heterocycles. The molecule has 1 rings (SSSR count). The molecule has 3 atom stereocenters. The van der Waals surface area contributed by atoms with Crippen LogP contribution in [0.4, 0.5) is 0 Å². The summed E-state index contributed by atoms with van der Waals surface area (Å²) in [7, 11) is 0. The molecule has 104 valence electrons. The maximum absolute atomic E-state index is 12.0. The number of hydrogen-bond acceptors (Lipinski definition) is 4. The maximum Gasteiger partial charge on any atom is 0.326 e. The molecule has 0 aromatic carbocycles. The highest BCUT2D eigenvalue weighted by Gasteiger charge is 2.30. The lowest BCUT2D eigenvalue weighted by molar-refractivity contribution is -0.142. The van der Waals surface area contributed by atoms with Crippen LogP contribution in [0, 0.1) is 5.92 Å². The monoisotopic (exact) mass is 274 g/mol. The Morgan fingerprint density at radius 2 is 2.11 bits per heavy atom. The first-order valence-corrected chi connectivity index (χ1v) is 7.73. The Morgan fingerprint density at radius 3 is 2.67 bits per heavy atom.